The first kappa shape index (κ1) is 6.60. The third-order valence-corrected chi connectivity index (χ3v) is 1.46. The lowest BCUT2D eigenvalue weighted by Gasteiger charge is -2.26. The molecule has 0 saturated carbocycles. The molecule has 1 fully saturated rings. The third-order valence-electron chi connectivity index (χ3n) is 1.46. The normalized spacial score (nSPS) is 29.6. The molecule has 0 bridgehead atoms. The van der Waals surface area contributed by atoms with E-state index in [-0.39, 0.29) is 6.10 Å². The van der Waals surface area contributed by atoms with E-state index in [2.05, 4.69) is 10.8 Å². The van der Waals surface area contributed by atoms with Gasteiger partial charge in [0.2, 0.25) is 0 Å². The lowest BCUT2D eigenvalue weighted by molar-refractivity contribution is 0.0122. The molecule has 2 heteroatoms. The molecule has 1 rings (SSSR count). The van der Waals surface area contributed by atoms with Gasteiger partial charge in [0, 0.05) is 13.1 Å². The van der Waals surface area contributed by atoms with Crippen molar-refractivity contribution in [2.75, 3.05) is 26.7 Å². The Morgan fingerprint density at radius 3 is 3.00 bits per heavy atom. The molecular formula is C7H11NO. The van der Waals surface area contributed by atoms with Crippen LogP contribution in [0.25, 0.3) is 0 Å². The number of terminal acetylenes is 1. The van der Waals surface area contributed by atoms with Gasteiger partial charge in [-0.15, -0.1) is 6.42 Å². The van der Waals surface area contributed by atoms with Gasteiger partial charge in [-0.1, -0.05) is 5.92 Å². The predicted octanol–water partition coefficient (Wildman–Crippen LogP) is -0.0498. The van der Waals surface area contributed by atoms with Gasteiger partial charge in [-0.3, -0.25) is 0 Å². The molecule has 1 aliphatic rings. The molecule has 1 atom stereocenters. The minimum absolute atomic E-state index is 0.0174. The summed E-state index contributed by atoms with van der Waals surface area (Å²) in [7, 11) is 2.05. The van der Waals surface area contributed by atoms with Gasteiger partial charge in [0.15, 0.2) is 0 Å². The van der Waals surface area contributed by atoms with Crippen LogP contribution >= 0.6 is 0 Å². The number of hydrogen-bond donors (Lipinski definition) is 0. The molecular weight excluding hydrogens is 114 g/mol. The Kier molecular flexibility index (Phi) is 2.10. The van der Waals surface area contributed by atoms with Gasteiger partial charge in [0.25, 0.3) is 0 Å². The first-order chi connectivity index (χ1) is 4.33. The van der Waals surface area contributed by atoms with Crippen molar-refractivity contribution >= 4 is 0 Å². The number of nitrogens with zero attached hydrogens (tertiary/aromatic N) is 1. The summed E-state index contributed by atoms with van der Waals surface area (Å²) in [6.07, 6.45) is 5.18. The van der Waals surface area contributed by atoms with Crippen LogP contribution in [0.2, 0.25) is 0 Å². The summed E-state index contributed by atoms with van der Waals surface area (Å²) in [5, 5.41) is 0. The Hall–Kier alpha value is -0.520. The molecule has 50 valence electrons. The largest absolute Gasteiger partial charge is 0.363 e. The second-order valence-electron chi connectivity index (χ2n) is 2.29. The summed E-state index contributed by atoms with van der Waals surface area (Å²) in [4.78, 5) is 2.17. The fraction of sp³-hybridized carbons (Fsp3) is 0.714. The van der Waals surface area contributed by atoms with Gasteiger partial charge in [-0.2, -0.15) is 0 Å². The highest BCUT2D eigenvalue weighted by Gasteiger charge is 2.13. The molecule has 0 aromatic carbocycles. The maximum absolute atomic E-state index is 5.22. The zero-order valence-corrected chi connectivity index (χ0v) is 5.63. The lowest BCUT2D eigenvalue weighted by atomic mass is 10.3. The van der Waals surface area contributed by atoms with Gasteiger partial charge in [0.05, 0.1) is 6.61 Å². The lowest BCUT2D eigenvalue weighted by Crippen LogP contribution is -2.39. The van der Waals surface area contributed by atoms with E-state index in [0.717, 1.165) is 19.7 Å². The molecule has 0 aromatic heterocycles. The zero-order valence-electron chi connectivity index (χ0n) is 5.63. The van der Waals surface area contributed by atoms with Crippen molar-refractivity contribution in [1.29, 1.82) is 0 Å². The van der Waals surface area contributed by atoms with E-state index in [4.69, 9.17) is 11.2 Å². The van der Waals surface area contributed by atoms with Crippen molar-refractivity contribution in [3.8, 4) is 12.3 Å². The summed E-state index contributed by atoms with van der Waals surface area (Å²) >= 11 is 0. The second-order valence-corrected chi connectivity index (χ2v) is 2.29. The average Bonchev–Trinajstić information content (AvgIpc) is 1.88. The Labute approximate surface area is 55.8 Å². The van der Waals surface area contributed by atoms with Gasteiger partial charge in [-0.25, -0.2) is 0 Å². The number of likely N-dealkylation sites (N-methyl/N-ethyl adjacent to an activating group) is 1. The summed E-state index contributed by atoms with van der Waals surface area (Å²) in [6, 6.07) is 0. The van der Waals surface area contributed by atoms with Crippen LogP contribution in [0.15, 0.2) is 0 Å². The first-order valence-electron chi connectivity index (χ1n) is 3.09. The van der Waals surface area contributed by atoms with E-state index in [1.165, 1.54) is 0 Å². The number of morpholine rings is 1. The molecule has 1 saturated heterocycles. The quantitative estimate of drug-likeness (QED) is 0.421. The number of rotatable bonds is 0. The van der Waals surface area contributed by atoms with Gasteiger partial charge in [0.1, 0.15) is 6.10 Å². The van der Waals surface area contributed by atoms with Crippen molar-refractivity contribution in [2.45, 2.75) is 6.10 Å². The minimum atomic E-state index is 0.0174. The van der Waals surface area contributed by atoms with Crippen LogP contribution in [-0.4, -0.2) is 37.7 Å². The molecule has 0 aromatic rings. The topological polar surface area (TPSA) is 12.5 Å². The van der Waals surface area contributed by atoms with Crippen molar-refractivity contribution in [1.82, 2.24) is 4.90 Å². The highest BCUT2D eigenvalue weighted by molar-refractivity contribution is 4.97. The SMILES string of the molecule is C#CC1CN(C)CCO1. The maximum Gasteiger partial charge on any atom is 0.130 e. The van der Waals surface area contributed by atoms with Crippen molar-refractivity contribution < 1.29 is 4.74 Å². The van der Waals surface area contributed by atoms with Gasteiger partial charge < -0.3 is 9.64 Å². The summed E-state index contributed by atoms with van der Waals surface area (Å²) in [5.41, 5.74) is 0. The Bertz CT molecular complexity index is 127. The Morgan fingerprint density at radius 1 is 1.78 bits per heavy atom. The monoisotopic (exact) mass is 125 g/mol. The second kappa shape index (κ2) is 2.86. The Balaban J connectivity index is 2.34. The van der Waals surface area contributed by atoms with Crippen LogP contribution in [0.4, 0.5) is 0 Å². The molecule has 0 amide bonds. The van der Waals surface area contributed by atoms with Crippen molar-refractivity contribution in [3.63, 3.8) is 0 Å². The molecule has 1 heterocycles. The van der Waals surface area contributed by atoms with E-state index >= 15 is 0 Å². The fourth-order valence-electron chi connectivity index (χ4n) is 0.879. The Morgan fingerprint density at radius 2 is 2.56 bits per heavy atom. The van der Waals surface area contributed by atoms with E-state index in [0.29, 0.717) is 0 Å². The number of hydrogen-bond acceptors (Lipinski definition) is 2. The number of ether oxygens (including phenoxy) is 1. The summed E-state index contributed by atoms with van der Waals surface area (Å²) in [5.74, 6) is 2.57. The first-order valence-corrected chi connectivity index (χ1v) is 3.09. The predicted molar refractivity (Wildman–Crippen MR) is 36.1 cm³/mol. The van der Waals surface area contributed by atoms with Crippen LogP contribution in [0.3, 0.4) is 0 Å². The molecule has 9 heavy (non-hydrogen) atoms. The summed E-state index contributed by atoms with van der Waals surface area (Å²) < 4.78 is 5.22. The third kappa shape index (κ3) is 1.70. The fourth-order valence-corrected chi connectivity index (χ4v) is 0.879. The van der Waals surface area contributed by atoms with Crippen LogP contribution < -0.4 is 0 Å². The highest BCUT2D eigenvalue weighted by Crippen LogP contribution is 1.99. The molecule has 0 spiro atoms. The van der Waals surface area contributed by atoms with E-state index in [9.17, 15) is 0 Å². The molecule has 0 radical (unpaired) electrons. The van der Waals surface area contributed by atoms with Gasteiger partial charge >= 0.3 is 0 Å². The smallest absolute Gasteiger partial charge is 0.130 e. The van der Waals surface area contributed by atoms with Gasteiger partial charge in [-0.05, 0) is 7.05 Å². The van der Waals surface area contributed by atoms with Crippen LogP contribution in [-0.2, 0) is 4.74 Å². The van der Waals surface area contributed by atoms with Crippen LogP contribution in [0, 0.1) is 12.3 Å². The van der Waals surface area contributed by atoms with E-state index in [1.807, 2.05) is 7.05 Å². The zero-order chi connectivity index (χ0) is 6.69. The van der Waals surface area contributed by atoms with Crippen molar-refractivity contribution in [3.05, 3.63) is 0 Å². The van der Waals surface area contributed by atoms with Crippen LogP contribution in [0.5, 0.6) is 0 Å². The standard InChI is InChI=1S/C7H11NO/c1-3-7-6-8(2)4-5-9-7/h1,7H,4-6H2,2H3. The van der Waals surface area contributed by atoms with E-state index in [1.54, 1.807) is 0 Å². The highest BCUT2D eigenvalue weighted by atomic mass is 16.5. The average molecular weight is 125 g/mol. The minimum Gasteiger partial charge on any atom is -0.363 e. The van der Waals surface area contributed by atoms with Crippen molar-refractivity contribution in [2.24, 2.45) is 0 Å². The molecule has 1 aliphatic heterocycles. The summed E-state index contributed by atoms with van der Waals surface area (Å²) in [6.45, 7) is 2.64. The molecule has 0 aliphatic carbocycles. The molecule has 0 N–H and O–H groups in total. The van der Waals surface area contributed by atoms with Crippen LogP contribution in [0.1, 0.15) is 0 Å². The maximum atomic E-state index is 5.22. The van der Waals surface area contributed by atoms with E-state index < -0.39 is 0 Å². The molecule has 2 nitrogen and oxygen atoms in total. The molecule has 1 unspecified atom stereocenters.